The summed E-state index contributed by atoms with van der Waals surface area (Å²) in [5.41, 5.74) is 0.943. The first-order valence-corrected chi connectivity index (χ1v) is 10.5. The van der Waals surface area contributed by atoms with E-state index in [2.05, 4.69) is 15.6 Å². The highest BCUT2D eigenvalue weighted by atomic mass is 127. The first-order valence-electron chi connectivity index (χ1n) is 9.07. The van der Waals surface area contributed by atoms with Gasteiger partial charge in [-0.05, 0) is 50.3 Å². The molecule has 9 heteroatoms. The van der Waals surface area contributed by atoms with Crippen molar-refractivity contribution < 1.29 is 13.5 Å². The Balaban J connectivity index is 0.00000364. The van der Waals surface area contributed by atoms with E-state index in [1.165, 1.54) is 18.4 Å². The van der Waals surface area contributed by atoms with Crippen LogP contribution < -0.4 is 10.6 Å². The van der Waals surface area contributed by atoms with Crippen LogP contribution in [0.1, 0.15) is 38.2 Å². The Morgan fingerprint density at radius 2 is 1.78 bits per heavy atom. The molecule has 0 heterocycles. The number of aliphatic imine (C=N–C) groups is 1. The van der Waals surface area contributed by atoms with Crippen molar-refractivity contribution in [1.82, 2.24) is 14.9 Å². The lowest BCUT2D eigenvalue weighted by molar-refractivity contribution is 0.120. The van der Waals surface area contributed by atoms with Crippen LogP contribution >= 0.6 is 24.0 Å². The molecule has 0 radical (unpaired) electrons. The van der Waals surface area contributed by atoms with Crippen LogP contribution in [0, 0.1) is 0 Å². The SMILES string of the molecule is CCNC(=NCc1ccc(S(=O)(=O)N(C)C)cc1)NC1CCC(O)CC1.I. The van der Waals surface area contributed by atoms with Crippen molar-refractivity contribution in [3.05, 3.63) is 29.8 Å². The standard InChI is InChI=1S/C18H30N4O3S.HI/c1-4-19-18(21-15-7-9-16(23)10-8-15)20-13-14-5-11-17(12-6-14)26(24,25)22(2)3;/h5-6,11-12,15-16,23H,4,7-10,13H2,1-3H3,(H2,19,20,21);1H. The van der Waals surface area contributed by atoms with E-state index in [9.17, 15) is 13.5 Å². The normalized spacial score (nSPS) is 20.9. The zero-order valence-electron chi connectivity index (χ0n) is 16.2. The second-order valence-electron chi connectivity index (χ2n) is 6.78. The second kappa shape index (κ2) is 11.2. The van der Waals surface area contributed by atoms with E-state index >= 15 is 0 Å². The Bertz CT molecular complexity index is 700. The number of aliphatic hydroxyl groups excluding tert-OH is 1. The predicted molar refractivity (Wildman–Crippen MR) is 119 cm³/mol. The fourth-order valence-corrected chi connectivity index (χ4v) is 3.78. The molecule has 1 aromatic rings. The van der Waals surface area contributed by atoms with Gasteiger partial charge in [0.2, 0.25) is 10.0 Å². The fraction of sp³-hybridized carbons (Fsp3) is 0.611. The van der Waals surface area contributed by atoms with Crippen LogP contribution in [0.2, 0.25) is 0 Å². The van der Waals surface area contributed by atoms with Gasteiger partial charge < -0.3 is 15.7 Å². The van der Waals surface area contributed by atoms with Crippen LogP contribution in [-0.4, -0.2) is 56.6 Å². The van der Waals surface area contributed by atoms with Gasteiger partial charge in [0.15, 0.2) is 5.96 Å². The lowest BCUT2D eigenvalue weighted by atomic mass is 9.93. The highest BCUT2D eigenvalue weighted by Gasteiger charge is 2.20. The molecular formula is C18H31IN4O3S. The van der Waals surface area contributed by atoms with Crippen molar-refractivity contribution in [3.63, 3.8) is 0 Å². The minimum absolute atomic E-state index is 0. The van der Waals surface area contributed by atoms with Crippen LogP contribution in [0.4, 0.5) is 0 Å². The first-order chi connectivity index (χ1) is 12.3. The van der Waals surface area contributed by atoms with E-state index in [1.807, 2.05) is 6.92 Å². The zero-order chi connectivity index (χ0) is 19.2. The maximum absolute atomic E-state index is 12.1. The Morgan fingerprint density at radius 1 is 1.19 bits per heavy atom. The summed E-state index contributed by atoms with van der Waals surface area (Å²) in [6.45, 7) is 3.25. The molecule has 2 rings (SSSR count). The molecule has 1 aromatic carbocycles. The molecule has 0 aromatic heterocycles. The van der Waals surface area contributed by atoms with Gasteiger partial charge in [0.25, 0.3) is 0 Å². The summed E-state index contributed by atoms with van der Waals surface area (Å²) in [7, 11) is -0.365. The highest BCUT2D eigenvalue weighted by molar-refractivity contribution is 14.0. The molecule has 0 aliphatic heterocycles. The van der Waals surface area contributed by atoms with Crippen LogP contribution in [-0.2, 0) is 16.6 Å². The molecular weight excluding hydrogens is 479 g/mol. The molecule has 0 saturated heterocycles. The summed E-state index contributed by atoms with van der Waals surface area (Å²) in [5.74, 6) is 0.749. The number of nitrogens with one attached hydrogen (secondary N) is 2. The van der Waals surface area contributed by atoms with Gasteiger partial charge in [0, 0.05) is 26.7 Å². The topological polar surface area (TPSA) is 94.0 Å². The third-order valence-corrected chi connectivity index (χ3v) is 6.33. The molecule has 1 aliphatic carbocycles. The number of benzene rings is 1. The largest absolute Gasteiger partial charge is 0.393 e. The van der Waals surface area contributed by atoms with Gasteiger partial charge in [0.1, 0.15) is 0 Å². The van der Waals surface area contributed by atoms with E-state index in [4.69, 9.17) is 0 Å². The van der Waals surface area contributed by atoms with E-state index in [0.29, 0.717) is 12.6 Å². The van der Waals surface area contributed by atoms with Crippen molar-refractivity contribution >= 4 is 40.0 Å². The molecule has 0 spiro atoms. The summed E-state index contributed by atoms with van der Waals surface area (Å²) in [5, 5.41) is 16.3. The number of nitrogens with zero attached hydrogens (tertiary/aromatic N) is 2. The summed E-state index contributed by atoms with van der Waals surface area (Å²) >= 11 is 0. The minimum atomic E-state index is -3.40. The van der Waals surface area contributed by atoms with Crippen LogP contribution in [0.15, 0.2) is 34.2 Å². The van der Waals surface area contributed by atoms with Crippen molar-refractivity contribution in [3.8, 4) is 0 Å². The van der Waals surface area contributed by atoms with Crippen molar-refractivity contribution in [2.75, 3.05) is 20.6 Å². The lowest BCUT2D eigenvalue weighted by Crippen LogP contribution is -2.45. The van der Waals surface area contributed by atoms with Crippen molar-refractivity contribution in [2.45, 2.75) is 56.2 Å². The molecule has 1 fully saturated rings. The molecule has 0 unspecified atom stereocenters. The number of hydrogen-bond acceptors (Lipinski definition) is 4. The lowest BCUT2D eigenvalue weighted by Gasteiger charge is -2.27. The van der Waals surface area contributed by atoms with Gasteiger partial charge >= 0.3 is 0 Å². The molecule has 1 saturated carbocycles. The quantitative estimate of drug-likeness (QED) is 0.309. The molecule has 0 bridgehead atoms. The summed E-state index contributed by atoms with van der Waals surface area (Å²) in [6.07, 6.45) is 3.33. The van der Waals surface area contributed by atoms with Gasteiger partial charge in [0.05, 0.1) is 17.5 Å². The zero-order valence-corrected chi connectivity index (χ0v) is 19.3. The molecule has 1 aliphatic rings. The van der Waals surface area contributed by atoms with Crippen molar-refractivity contribution in [1.29, 1.82) is 0 Å². The minimum Gasteiger partial charge on any atom is -0.393 e. The van der Waals surface area contributed by atoms with E-state index in [0.717, 1.165) is 43.8 Å². The predicted octanol–water partition coefficient (Wildman–Crippen LogP) is 1.91. The van der Waals surface area contributed by atoms with Crippen LogP contribution in [0.5, 0.6) is 0 Å². The Morgan fingerprint density at radius 3 is 2.30 bits per heavy atom. The number of rotatable bonds is 6. The number of sulfonamides is 1. The van der Waals surface area contributed by atoms with Crippen molar-refractivity contribution in [2.24, 2.45) is 4.99 Å². The Kier molecular flexibility index (Phi) is 9.99. The second-order valence-corrected chi connectivity index (χ2v) is 8.93. The molecule has 27 heavy (non-hydrogen) atoms. The highest BCUT2D eigenvalue weighted by Crippen LogP contribution is 2.18. The monoisotopic (exact) mass is 510 g/mol. The van der Waals surface area contributed by atoms with Gasteiger partial charge in [-0.15, -0.1) is 24.0 Å². The maximum Gasteiger partial charge on any atom is 0.242 e. The summed E-state index contributed by atoms with van der Waals surface area (Å²) in [6, 6.07) is 7.14. The number of guanidine groups is 1. The van der Waals surface area contributed by atoms with E-state index in [1.54, 1.807) is 24.3 Å². The fourth-order valence-electron chi connectivity index (χ4n) is 2.88. The van der Waals surface area contributed by atoms with E-state index < -0.39 is 10.0 Å². The average Bonchev–Trinajstić information content (AvgIpc) is 2.62. The first kappa shape index (κ1) is 24.1. The number of aliphatic hydroxyl groups is 1. The van der Waals surface area contributed by atoms with Gasteiger partial charge in [-0.2, -0.15) is 0 Å². The third-order valence-electron chi connectivity index (χ3n) is 4.50. The maximum atomic E-state index is 12.1. The summed E-state index contributed by atoms with van der Waals surface area (Å²) < 4.78 is 25.4. The Labute approximate surface area is 179 Å². The molecule has 3 N–H and O–H groups in total. The summed E-state index contributed by atoms with van der Waals surface area (Å²) in [4.78, 5) is 4.87. The Hall–Kier alpha value is -0.910. The van der Waals surface area contributed by atoms with Crippen LogP contribution in [0.3, 0.4) is 0 Å². The van der Waals surface area contributed by atoms with E-state index in [-0.39, 0.29) is 35.0 Å². The smallest absolute Gasteiger partial charge is 0.242 e. The molecule has 7 nitrogen and oxygen atoms in total. The molecule has 0 atom stereocenters. The third kappa shape index (κ3) is 7.20. The van der Waals surface area contributed by atoms with Gasteiger partial charge in [-0.1, -0.05) is 12.1 Å². The average molecular weight is 510 g/mol. The molecule has 154 valence electrons. The van der Waals surface area contributed by atoms with Gasteiger partial charge in [-0.3, -0.25) is 0 Å². The van der Waals surface area contributed by atoms with Crippen LogP contribution in [0.25, 0.3) is 0 Å². The molecule has 0 amide bonds. The number of halogens is 1. The van der Waals surface area contributed by atoms with Gasteiger partial charge in [-0.25, -0.2) is 17.7 Å². The number of hydrogen-bond donors (Lipinski definition) is 3.